The van der Waals surface area contributed by atoms with Crippen LogP contribution in [0.4, 0.5) is 0 Å². The van der Waals surface area contributed by atoms with Gasteiger partial charge in [-0.3, -0.25) is 0 Å². The molecular weight excluding hydrogens is 194 g/mol. The van der Waals surface area contributed by atoms with Crippen LogP contribution in [0.2, 0.25) is 0 Å². The number of nitrogens with zero attached hydrogens (tertiary/aromatic N) is 1. The molecule has 1 rings (SSSR count). The van der Waals surface area contributed by atoms with Crippen molar-refractivity contribution in [1.82, 2.24) is 4.98 Å². The Morgan fingerprint density at radius 2 is 2.40 bits per heavy atom. The van der Waals surface area contributed by atoms with Crippen molar-refractivity contribution in [3.8, 4) is 11.8 Å². The molecule has 4 heteroatoms. The Balaban J connectivity index is 2.94. The van der Waals surface area contributed by atoms with Crippen molar-refractivity contribution in [2.24, 2.45) is 0 Å². The molecule has 0 bridgehead atoms. The van der Waals surface area contributed by atoms with E-state index in [-0.39, 0.29) is 5.69 Å². The second kappa shape index (κ2) is 5.13. The molecule has 0 saturated carbocycles. The van der Waals surface area contributed by atoms with Gasteiger partial charge in [0, 0.05) is 11.8 Å². The minimum absolute atomic E-state index is 0.204. The van der Waals surface area contributed by atoms with Gasteiger partial charge in [-0.25, -0.2) is 9.78 Å². The maximum Gasteiger partial charge on any atom is 0.356 e. The van der Waals surface area contributed by atoms with Crippen LogP contribution in [0.1, 0.15) is 23.0 Å². The summed E-state index contributed by atoms with van der Waals surface area (Å²) in [6, 6.07) is 3.17. The lowest BCUT2D eigenvalue weighted by molar-refractivity contribution is 0.0594. The fourth-order valence-electron chi connectivity index (χ4n) is 0.912. The molecule has 0 saturated heterocycles. The highest BCUT2D eigenvalue weighted by Gasteiger charge is 2.06. The number of hydrogen-bond donors (Lipinski definition) is 1. The molecule has 0 radical (unpaired) electrons. The first-order valence-corrected chi connectivity index (χ1v) is 4.37. The van der Waals surface area contributed by atoms with E-state index in [1.165, 1.54) is 19.4 Å². The van der Waals surface area contributed by atoms with E-state index in [1.54, 1.807) is 13.0 Å². The SMILES string of the molecule is COC(=O)c1cc(C#CC(C)O)ccn1. The van der Waals surface area contributed by atoms with E-state index >= 15 is 0 Å². The number of carbonyl (C=O) groups is 1. The number of methoxy groups -OCH3 is 1. The van der Waals surface area contributed by atoms with Crippen molar-refractivity contribution < 1.29 is 14.6 Å². The van der Waals surface area contributed by atoms with Gasteiger partial charge in [0.25, 0.3) is 0 Å². The van der Waals surface area contributed by atoms with E-state index in [2.05, 4.69) is 21.6 Å². The summed E-state index contributed by atoms with van der Waals surface area (Å²) in [6.07, 6.45) is 0.776. The molecule has 0 aliphatic heterocycles. The summed E-state index contributed by atoms with van der Waals surface area (Å²) in [4.78, 5) is 15.0. The van der Waals surface area contributed by atoms with Gasteiger partial charge >= 0.3 is 5.97 Å². The van der Waals surface area contributed by atoms with Crippen molar-refractivity contribution in [3.05, 3.63) is 29.6 Å². The zero-order chi connectivity index (χ0) is 11.3. The molecule has 0 aromatic carbocycles. The van der Waals surface area contributed by atoms with Crippen molar-refractivity contribution >= 4 is 5.97 Å². The number of aliphatic hydroxyl groups is 1. The number of aliphatic hydroxyl groups excluding tert-OH is 1. The summed E-state index contributed by atoms with van der Waals surface area (Å²) in [5.41, 5.74) is 0.821. The van der Waals surface area contributed by atoms with Gasteiger partial charge in [0.1, 0.15) is 11.8 Å². The number of esters is 1. The Morgan fingerprint density at radius 1 is 1.67 bits per heavy atom. The topological polar surface area (TPSA) is 59.4 Å². The third-order valence-electron chi connectivity index (χ3n) is 1.58. The van der Waals surface area contributed by atoms with Gasteiger partial charge in [-0.05, 0) is 19.1 Å². The van der Waals surface area contributed by atoms with E-state index in [9.17, 15) is 4.79 Å². The Kier molecular flexibility index (Phi) is 3.83. The number of carbonyl (C=O) groups excluding carboxylic acids is 1. The van der Waals surface area contributed by atoms with Crippen molar-refractivity contribution in [2.75, 3.05) is 7.11 Å². The lowest BCUT2D eigenvalue weighted by atomic mass is 10.2. The summed E-state index contributed by atoms with van der Waals surface area (Å²) in [5, 5.41) is 8.96. The van der Waals surface area contributed by atoms with Crippen LogP contribution in [0.5, 0.6) is 0 Å². The zero-order valence-corrected chi connectivity index (χ0v) is 8.52. The van der Waals surface area contributed by atoms with E-state index < -0.39 is 12.1 Å². The smallest absolute Gasteiger partial charge is 0.356 e. The molecule has 78 valence electrons. The number of pyridine rings is 1. The van der Waals surface area contributed by atoms with Gasteiger partial charge in [-0.15, -0.1) is 0 Å². The zero-order valence-electron chi connectivity index (χ0n) is 8.52. The van der Waals surface area contributed by atoms with Crippen molar-refractivity contribution in [2.45, 2.75) is 13.0 Å². The molecule has 0 spiro atoms. The minimum atomic E-state index is -0.695. The predicted molar refractivity (Wildman–Crippen MR) is 54.1 cm³/mol. The summed E-state index contributed by atoms with van der Waals surface area (Å²) in [6.45, 7) is 1.56. The summed E-state index contributed by atoms with van der Waals surface area (Å²) in [5.74, 6) is 4.78. The highest BCUT2D eigenvalue weighted by molar-refractivity contribution is 5.87. The summed E-state index contributed by atoms with van der Waals surface area (Å²) < 4.78 is 4.52. The molecule has 1 atom stereocenters. The van der Waals surface area contributed by atoms with Gasteiger partial charge in [0.05, 0.1) is 7.11 Å². The first-order valence-electron chi connectivity index (χ1n) is 4.37. The third kappa shape index (κ3) is 3.41. The van der Waals surface area contributed by atoms with Crippen LogP contribution in [0.15, 0.2) is 18.3 Å². The molecule has 4 nitrogen and oxygen atoms in total. The fraction of sp³-hybridized carbons (Fsp3) is 0.273. The molecule has 1 N–H and O–H groups in total. The molecule has 1 heterocycles. The van der Waals surface area contributed by atoms with Crippen molar-refractivity contribution in [1.29, 1.82) is 0 Å². The number of ether oxygens (including phenoxy) is 1. The Hall–Kier alpha value is -1.86. The Bertz CT molecular complexity index is 415. The lowest BCUT2D eigenvalue weighted by Crippen LogP contribution is -2.04. The fourth-order valence-corrected chi connectivity index (χ4v) is 0.912. The van der Waals surface area contributed by atoms with E-state index in [0.29, 0.717) is 5.56 Å². The molecule has 0 aliphatic rings. The summed E-state index contributed by atoms with van der Waals surface area (Å²) >= 11 is 0. The Labute approximate surface area is 87.9 Å². The van der Waals surface area contributed by atoms with Gasteiger partial charge < -0.3 is 9.84 Å². The van der Waals surface area contributed by atoms with Gasteiger partial charge in [0.2, 0.25) is 0 Å². The molecule has 0 aliphatic carbocycles. The third-order valence-corrected chi connectivity index (χ3v) is 1.58. The second-order valence-electron chi connectivity index (χ2n) is 2.87. The number of rotatable bonds is 1. The maximum absolute atomic E-state index is 11.1. The predicted octanol–water partition coefficient (Wildman–Crippen LogP) is 0.600. The first kappa shape index (κ1) is 11.2. The largest absolute Gasteiger partial charge is 0.464 e. The molecular formula is C11H11NO3. The van der Waals surface area contributed by atoms with Crippen LogP contribution >= 0.6 is 0 Å². The maximum atomic E-state index is 11.1. The van der Waals surface area contributed by atoms with Gasteiger partial charge in [-0.1, -0.05) is 11.8 Å². The van der Waals surface area contributed by atoms with Gasteiger partial charge in [-0.2, -0.15) is 0 Å². The monoisotopic (exact) mass is 205 g/mol. The average Bonchev–Trinajstić information content (AvgIpc) is 2.25. The number of aromatic nitrogens is 1. The van der Waals surface area contributed by atoms with Crippen LogP contribution in [-0.2, 0) is 4.74 Å². The minimum Gasteiger partial charge on any atom is -0.464 e. The highest BCUT2D eigenvalue weighted by Crippen LogP contribution is 2.01. The van der Waals surface area contributed by atoms with Crippen LogP contribution in [0, 0.1) is 11.8 Å². The molecule has 1 aromatic heterocycles. The number of hydrogen-bond acceptors (Lipinski definition) is 4. The second-order valence-corrected chi connectivity index (χ2v) is 2.87. The molecule has 1 aromatic rings. The lowest BCUT2D eigenvalue weighted by Gasteiger charge is -1.97. The van der Waals surface area contributed by atoms with Crippen LogP contribution in [0.25, 0.3) is 0 Å². The van der Waals surface area contributed by atoms with Crippen molar-refractivity contribution in [3.63, 3.8) is 0 Å². The normalized spacial score (nSPS) is 11.1. The molecule has 0 fully saturated rings. The standard InChI is InChI=1S/C11H11NO3/c1-8(13)3-4-9-5-6-12-10(7-9)11(14)15-2/h5-8,13H,1-2H3. The molecule has 0 amide bonds. The van der Waals surface area contributed by atoms with E-state index in [4.69, 9.17) is 5.11 Å². The van der Waals surface area contributed by atoms with E-state index in [1.807, 2.05) is 0 Å². The quantitative estimate of drug-likeness (QED) is 0.538. The van der Waals surface area contributed by atoms with Crippen LogP contribution < -0.4 is 0 Å². The van der Waals surface area contributed by atoms with Crippen LogP contribution in [-0.4, -0.2) is 29.3 Å². The highest BCUT2D eigenvalue weighted by atomic mass is 16.5. The summed E-state index contributed by atoms with van der Waals surface area (Å²) in [7, 11) is 1.29. The van der Waals surface area contributed by atoms with E-state index in [0.717, 1.165) is 0 Å². The molecule has 1 unspecified atom stereocenters. The average molecular weight is 205 g/mol. The first-order chi connectivity index (χ1) is 7.13. The van der Waals surface area contributed by atoms with Crippen LogP contribution in [0.3, 0.4) is 0 Å². The Morgan fingerprint density at radius 3 is 3.00 bits per heavy atom. The van der Waals surface area contributed by atoms with Gasteiger partial charge in [0.15, 0.2) is 0 Å². The molecule has 15 heavy (non-hydrogen) atoms.